The van der Waals surface area contributed by atoms with Gasteiger partial charge in [-0.15, -0.1) is 0 Å². The van der Waals surface area contributed by atoms with Crippen molar-refractivity contribution in [3.8, 4) is 0 Å². The van der Waals surface area contributed by atoms with E-state index in [0.717, 1.165) is 0 Å². The fraction of sp³-hybridized carbons (Fsp3) is 0.500. The number of carbonyl (C=O) groups excluding carboxylic acids is 2. The number of amides is 1. The van der Waals surface area contributed by atoms with Crippen molar-refractivity contribution in [2.45, 2.75) is 45.6 Å². The van der Waals surface area contributed by atoms with Crippen molar-refractivity contribution in [3.05, 3.63) is 29.8 Å². The van der Waals surface area contributed by atoms with Gasteiger partial charge in [-0.25, -0.2) is 4.79 Å². The van der Waals surface area contributed by atoms with Crippen LogP contribution in [0.4, 0.5) is 5.69 Å². The van der Waals surface area contributed by atoms with Gasteiger partial charge >= 0.3 is 11.9 Å². The van der Waals surface area contributed by atoms with E-state index in [0.29, 0.717) is 24.9 Å². The van der Waals surface area contributed by atoms with E-state index in [1.807, 2.05) is 20.8 Å². The largest absolute Gasteiger partial charge is 0.478 e. The Bertz CT molecular complexity index is 641. The fourth-order valence-electron chi connectivity index (χ4n) is 2.71. The molecule has 6 heteroatoms. The number of nitrogens with one attached hydrogen (secondary N) is 1. The Balaban J connectivity index is 1.79. The van der Waals surface area contributed by atoms with Gasteiger partial charge in [0.1, 0.15) is 5.60 Å². The topological polar surface area (TPSA) is 92.7 Å². The van der Waals surface area contributed by atoms with Gasteiger partial charge < -0.3 is 15.2 Å². The summed E-state index contributed by atoms with van der Waals surface area (Å²) in [6.45, 7) is 5.48. The third-order valence-corrected chi connectivity index (χ3v) is 3.86. The molecule has 1 aliphatic carbocycles. The average Bonchev–Trinajstić information content (AvgIpc) is 2.40. The second-order valence-corrected chi connectivity index (χ2v) is 7.20. The summed E-state index contributed by atoms with van der Waals surface area (Å²) in [4.78, 5) is 34.8. The smallest absolute Gasteiger partial charge is 0.335 e. The molecule has 0 saturated heterocycles. The van der Waals surface area contributed by atoms with E-state index in [2.05, 4.69) is 5.32 Å². The normalized spacial score (nSPS) is 20.0. The van der Waals surface area contributed by atoms with Crippen molar-refractivity contribution in [1.29, 1.82) is 0 Å². The molecule has 0 aromatic heterocycles. The molecule has 0 bridgehead atoms. The zero-order valence-corrected chi connectivity index (χ0v) is 14.2. The summed E-state index contributed by atoms with van der Waals surface area (Å²) < 4.78 is 5.28. The van der Waals surface area contributed by atoms with Crippen LogP contribution in [0.1, 0.15) is 50.4 Å². The quantitative estimate of drug-likeness (QED) is 0.808. The number of rotatable bonds is 5. The number of hydrogen-bond acceptors (Lipinski definition) is 4. The number of carboxylic acid groups (broad SMARTS) is 1. The SMILES string of the molecule is CC(C)(C)OC(=O)CC1CC(C(=O)Nc2cccc(C(=O)O)c2)C1. The average molecular weight is 333 g/mol. The van der Waals surface area contributed by atoms with Crippen molar-refractivity contribution in [2.24, 2.45) is 11.8 Å². The first-order valence-electron chi connectivity index (χ1n) is 8.00. The lowest BCUT2D eigenvalue weighted by Gasteiger charge is -2.34. The molecule has 0 atom stereocenters. The molecular weight excluding hydrogens is 310 g/mol. The summed E-state index contributed by atoms with van der Waals surface area (Å²) in [5.74, 6) is -1.39. The van der Waals surface area contributed by atoms with Crippen LogP contribution in [0.2, 0.25) is 0 Å². The molecule has 1 aromatic rings. The highest BCUT2D eigenvalue weighted by atomic mass is 16.6. The zero-order valence-electron chi connectivity index (χ0n) is 14.2. The molecule has 130 valence electrons. The van der Waals surface area contributed by atoms with Gasteiger partial charge in [0.05, 0.1) is 5.56 Å². The summed E-state index contributed by atoms with van der Waals surface area (Å²) in [7, 11) is 0. The van der Waals surface area contributed by atoms with E-state index in [1.54, 1.807) is 12.1 Å². The third-order valence-electron chi connectivity index (χ3n) is 3.86. The van der Waals surface area contributed by atoms with E-state index < -0.39 is 11.6 Å². The lowest BCUT2D eigenvalue weighted by atomic mass is 9.73. The molecule has 1 aromatic carbocycles. The first-order chi connectivity index (χ1) is 11.1. The fourth-order valence-corrected chi connectivity index (χ4v) is 2.71. The monoisotopic (exact) mass is 333 g/mol. The van der Waals surface area contributed by atoms with Crippen molar-refractivity contribution in [1.82, 2.24) is 0 Å². The lowest BCUT2D eigenvalue weighted by molar-refractivity contribution is -0.157. The van der Waals surface area contributed by atoms with Crippen LogP contribution in [0.5, 0.6) is 0 Å². The Labute approximate surface area is 141 Å². The highest BCUT2D eigenvalue weighted by Crippen LogP contribution is 2.37. The van der Waals surface area contributed by atoms with Crippen molar-refractivity contribution >= 4 is 23.5 Å². The van der Waals surface area contributed by atoms with Gasteiger partial charge in [0.15, 0.2) is 0 Å². The van der Waals surface area contributed by atoms with Crippen LogP contribution < -0.4 is 5.32 Å². The molecule has 1 saturated carbocycles. The molecule has 2 N–H and O–H groups in total. The molecule has 0 aliphatic heterocycles. The minimum Gasteiger partial charge on any atom is -0.478 e. The predicted octanol–water partition coefficient (Wildman–Crippen LogP) is 3.08. The predicted molar refractivity (Wildman–Crippen MR) is 88.7 cm³/mol. The van der Waals surface area contributed by atoms with Crippen molar-refractivity contribution in [2.75, 3.05) is 5.32 Å². The molecule has 1 amide bonds. The molecule has 24 heavy (non-hydrogen) atoms. The Morgan fingerprint density at radius 3 is 2.50 bits per heavy atom. The highest BCUT2D eigenvalue weighted by Gasteiger charge is 2.36. The zero-order chi connectivity index (χ0) is 17.9. The summed E-state index contributed by atoms with van der Waals surface area (Å²) in [5.41, 5.74) is 0.104. The van der Waals surface area contributed by atoms with E-state index >= 15 is 0 Å². The Morgan fingerprint density at radius 1 is 1.25 bits per heavy atom. The Morgan fingerprint density at radius 2 is 1.92 bits per heavy atom. The standard InChI is InChI=1S/C18H23NO5/c1-18(2,3)24-15(20)9-11-7-13(8-11)16(21)19-14-6-4-5-12(10-14)17(22)23/h4-6,10-11,13H,7-9H2,1-3H3,(H,19,21)(H,22,23). The second kappa shape index (κ2) is 7.03. The van der Waals surface area contributed by atoms with E-state index in [4.69, 9.17) is 9.84 Å². The molecule has 0 unspecified atom stereocenters. The number of carboxylic acids is 1. The van der Waals surface area contributed by atoms with E-state index in [-0.39, 0.29) is 29.3 Å². The molecular formula is C18H23NO5. The van der Waals surface area contributed by atoms with Crippen molar-refractivity contribution in [3.63, 3.8) is 0 Å². The molecule has 6 nitrogen and oxygen atoms in total. The van der Waals surface area contributed by atoms with Crippen LogP contribution >= 0.6 is 0 Å². The number of esters is 1. The second-order valence-electron chi connectivity index (χ2n) is 7.20. The van der Waals surface area contributed by atoms with Gasteiger partial charge in [-0.1, -0.05) is 6.07 Å². The van der Waals surface area contributed by atoms with Gasteiger partial charge in [-0.3, -0.25) is 9.59 Å². The first kappa shape index (κ1) is 18.0. The van der Waals surface area contributed by atoms with Gasteiger partial charge in [-0.05, 0) is 57.7 Å². The van der Waals surface area contributed by atoms with Crippen LogP contribution in [0.15, 0.2) is 24.3 Å². The maximum Gasteiger partial charge on any atom is 0.335 e. The maximum atomic E-state index is 12.2. The number of hydrogen-bond donors (Lipinski definition) is 2. The molecule has 1 aliphatic rings. The van der Waals surface area contributed by atoms with Gasteiger partial charge in [0.2, 0.25) is 5.91 Å². The number of ether oxygens (including phenoxy) is 1. The first-order valence-corrected chi connectivity index (χ1v) is 8.00. The number of aromatic carboxylic acids is 1. The van der Waals surface area contributed by atoms with Crippen LogP contribution in [-0.2, 0) is 14.3 Å². The van der Waals surface area contributed by atoms with Crippen LogP contribution in [0, 0.1) is 11.8 Å². The van der Waals surface area contributed by atoms with E-state index in [9.17, 15) is 14.4 Å². The minimum atomic E-state index is -1.04. The van der Waals surface area contributed by atoms with Gasteiger partial charge in [0, 0.05) is 18.0 Å². The summed E-state index contributed by atoms with van der Waals surface area (Å²) in [6, 6.07) is 6.14. The molecule has 1 fully saturated rings. The maximum absolute atomic E-state index is 12.2. The third kappa shape index (κ3) is 5.08. The Hall–Kier alpha value is -2.37. The molecule has 0 radical (unpaired) electrons. The number of benzene rings is 1. The summed E-state index contributed by atoms with van der Waals surface area (Å²) >= 11 is 0. The van der Waals surface area contributed by atoms with Gasteiger partial charge in [0.25, 0.3) is 0 Å². The summed E-state index contributed by atoms with van der Waals surface area (Å²) in [5, 5.41) is 11.7. The number of anilines is 1. The van der Waals surface area contributed by atoms with Crippen LogP contribution in [0.25, 0.3) is 0 Å². The molecule has 2 rings (SSSR count). The van der Waals surface area contributed by atoms with Crippen molar-refractivity contribution < 1.29 is 24.2 Å². The lowest BCUT2D eigenvalue weighted by Crippen LogP contribution is -2.36. The summed E-state index contributed by atoms with van der Waals surface area (Å²) in [6.07, 6.45) is 1.61. The highest BCUT2D eigenvalue weighted by molar-refractivity contribution is 5.95. The Kier molecular flexibility index (Phi) is 5.26. The molecule has 0 spiro atoms. The van der Waals surface area contributed by atoms with Gasteiger partial charge in [-0.2, -0.15) is 0 Å². The number of carbonyl (C=O) groups is 3. The molecule has 0 heterocycles. The minimum absolute atomic E-state index is 0.129. The van der Waals surface area contributed by atoms with Crippen LogP contribution in [0.3, 0.4) is 0 Å². The van der Waals surface area contributed by atoms with Crippen LogP contribution in [-0.4, -0.2) is 28.6 Å². The van der Waals surface area contributed by atoms with E-state index in [1.165, 1.54) is 12.1 Å².